The number of carbonyl (C=O) groups excluding carboxylic acids is 1. The largest absolute Gasteiger partial charge is 0.494 e. The molecule has 0 aliphatic heterocycles. The van der Waals surface area contributed by atoms with Crippen LogP contribution in [0.1, 0.15) is 29.3 Å². The van der Waals surface area contributed by atoms with E-state index in [2.05, 4.69) is 16.4 Å². The molecule has 1 N–H and O–H groups in total. The first-order chi connectivity index (χ1) is 14.2. The summed E-state index contributed by atoms with van der Waals surface area (Å²) in [7, 11) is 0. The third kappa shape index (κ3) is 5.14. The molecular weight excluding hydrogens is 364 g/mol. The molecule has 146 valence electrons. The molecule has 0 fully saturated rings. The van der Waals surface area contributed by atoms with Gasteiger partial charge in [-0.2, -0.15) is 5.10 Å². The Balaban J connectivity index is 1.76. The number of carbonyl (C=O) groups is 1. The quantitative estimate of drug-likeness (QED) is 0.354. The first kappa shape index (κ1) is 20.0. The number of hydrogen-bond acceptors (Lipinski definition) is 4. The molecule has 0 spiro atoms. The molecule has 0 unspecified atom stereocenters. The first-order valence-electron chi connectivity index (χ1n) is 9.37. The van der Waals surface area contributed by atoms with Crippen LogP contribution in [-0.4, -0.2) is 25.3 Å². The molecule has 0 saturated heterocycles. The van der Waals surface area contributed by atoms with E-state index in [0.717, 1.165) is 28.5 Å². The van der Waals surface area contributed by atoms with Crippen molar-refractivity contribution in [3.05, 3.63) is 71.8 Å². The molecule has 0 aliphatic carbocycles. The van der Waals surface area contributed by atoms with E-state index in [0.29, 0.717) is 17.9 Å². The summed E-state index contributed by atoms with van der Waals surface area (Å²) in [5, 5.41) is 6.12. The number of nitrogens with zero attached hydrogens (tertiary/aromatic N) is 1. The normalized spacial score (nSPS) is 10.6. The Morgan fingerprint density at radius 2 is 1.90 bits per heavy atom. The second kappa shape index (κ2) is 9.95. The van der Waals surface area contributed by atoms with Gasteiger partial charge in [-0.05, 0) is 47.5 Å². The van der Waals surface area contributed by atoms with Crippen LogP contribution in [0.2, 0.25) is 0 Å². The summed E-state index contributed by atoms with van der Waals surface area (Å²) in [4.78, 5) is 12.4. The Morgan fingerprint density at radius 1 is 1.10 bits per heavy atom. The minimum absolute atomic E-state index is 0.151. The van der Waals surface area contributed by atoms with E-state index >= 15 is 0 Å². The lowest BCUT2D eigenvalue weighted by Crippen LogP contribution is -2.17. The molecular formula is C24H22N2O3. The summed E-state index contributed by atoms with van der Waals surface area (Å²) in [6, 6.07) is 18.6. The van der Waals surface area contributed by atoms with Gasteiger partial charge in [0.05, 0.1) is 12.8 Å². The van der Waals surface area contributed by atoms with Crippen molar-refractivity contribution in [1.29, 1.82) is 0 Å². The standard InChI is InChI=1S/C24H22N2O3/c1-3-15-28-20-12-9-19(10-13-20)24(27)26-25-17-22-21-8-6-5-7-18(21)11-14-23(22)29-16-4-2/h2,5-14,17H,3,15-16H2,1H3,(H,26,27)/b25-17+. The van der Waals surface area contributed by atoms with Crippen LogP contribution in [0.3, 0.4) is 0 Å². The Morgan fingerprint density at radius 3 is 2.66 bits per heavy atom. The monoisotopic (exact) mass is 386 g/mol. The Labute approximate surface area is 170 Å². The molecule has 0 aliphatic rings. The zero-order valence-corrected chi connectivity index (χ0v) is 16.2. The average molecular weight is 386 g/mol. The molecule has 5 heteroatoms. The second-order valence-corrected chi connectivity index (χ2v) is 6.26. The van der Waals surface area contributed by atoms with Crippen LogP contribution in [0, 0.1) is 12.3 Å². The van der Waals surface area contributed by atoms with Gasteiger partial charge in [0.1, 0.15) is 18.1 Å². The summed E-state index contributed by atoms with van der Waals surface area (Å²) < 4.78 is 11.2. The van der Waals surface area contributed by atoms with Gasteiger partial charge in [-0.15, -0.1) is 6.42 Å². The molecule has 3 rings (SSSR count). The molecule has 0 radical (unpaired) electrons. The van der Waals surface area contributed by atoms with Crippen LogP contribution in [0.15, 0.2) is 65.8 Å². The number of hydrogen-bond donors (Lipinski definition) is 1. The average Bonchev–Trinajstić information content (AvgIpc) is 2.77. The highest BCUT2D eigenvalue weighted by molar-refractivity contribution is 6.03. The van der Waals surface area contributed by atoms with Crippen molar-refractivity contribution in [2.45, 2.75) is 13.3 Å². The Kier molecular flexibility index (Phi) is 6.85. The molecule has 0 heterocycles. The second-order valence-electron chi connectivity index (χ2n) is 6.26. The SMILES string of the molecule is C#CCOc1ccc2ccccc2c1/C=N/NC(=O)c1ccc(OCCC)cc1. The number of fused-ring (bicyclic) bond motifs is 1. The summed E-state index contributed by atoms with van der Waals surface area (Å²) >= 11 is 0. The van der Waals surface area contributed by atoms with E-state index in [1.54, 1.807) is 30.5 Å². The third-order valence-electron chi connectivity index (χ3n) is 4.19. The number of terminal acetylenes is 1. The maximum Gasteiger partial charge on any atom is 0.271 e. The zero-order valence-electron chi connectivity index (χ0n) is 16.2. The number of rotatable bonds is 8. The van der Waals surface area contributed by atoms with E-state index < -0.39 is 0 Å². The maximum atomic E-state index is 12.4. The molecule has 29 heavy (non-hydrogen) atoms. The summed E-state index contributed by atoms with van der Waals surface area (Å²) in [5.74, 6) is 3.49. The zero-order chi connectivity index (χ0) is 20.5. The number of amides is 1. The lowest BCUT2D eigenvalue weighted by Gasteiger charge is -2.10. The minimum atomic E-state index is -0.311. The number of ether oxygens (including phenoxy) is 2. The smallest absolute Gasteiger partial charge is 0.271 e. The van der Waals surface area contributed by atoms with Gasteiger partial charge in [-0.1, -0.05) is 43.2 Å². The highest BCUT2D eigenvalue weighted by Crippen LogP contribution is 2.26. The lowest BCUT2D eigenvalue weighted by molar-refractivity contribution is 0.0955. The van der Waals surface area contributed by atoms with Crippen LogP contribution in [0.5, 0.6) is 11.5 Å². The van der Waals surface area contributed by atoms with E-state index in [4.69, 9.17) is 15.9 Å². The molecule has 1 amide bonds. The van der Waals surface area contributed by atoms with Crippen LogP contribution < -0.4 is 14.9 Å². The molecule has 3 aromatic carbocycles. The van der Waals surface area contributed by atoms with Gasteiger partial charge in [0.25, 0.3) is 5.91 Å². The van der Waals surface area contributed by atoms with Gasteiger partial charge >= 0.3 is 0 Å². The number of benzene rings is 3. The molecule has 5 nitrogen and oxygen atoms in total. The summed E-state index contributed by atoms with van der Waals surface area (Å²) in [6.45, 7) is 2.84. The van der Waals surface area contributed by atoms with Crippen molar-refractivity contribution in [3.63, 3.8) is 0 Å². The Hall–Kier alpha value is -3.78. The fourth-order valence-corrected chi connectivity index (χ4v) is 2.80. The van der Waals surface area contributed by atoms with Crippen LogP contribution >= 0.6 is 0 Å². The van der Waals surface area contributed by atoms with E-state index in [9.17, 15) is 4.79 Å². The van der Waals surface area contributed by atoms with Crippen molar-refractivity contribution in [1.82, 2.24) is 5.43 Å². The Bertz CT molecular complexity index is 1050. The summed E-state index contributed by atoms with van der Waals surface area (Å²) in [6.07, 6.45) is 7.81. The fraction of sp³-hybridized carbons (Fsp3) is 0.167. The number of nitrogens with one attached hydrogen (secondary N) is 1. The molecule has 0 saturated carbocycles. The predicted molar refractivity (Wildman–Crippen MR) is 116 cm³/mol. The predicted octanol–water partition coefficient (Wildman–Crippen LogP) is 4.40. The fourth-order valence-electron chi connectivity index (χ4n) is 2.80. The highest BCUT2D eigenvalue weighted by atomic mass is 16.5. The topological polar surface area (TPSA) is 59.9 Å². The van der Waals surface area contributed by atoms with Gasteiger partial charge in [-0.25, -0.2) is 5.43 Å². The van der Waals surface area contributed by atoms with Crippen LogP contribution in [0.25, 0.3) is 10.8 Å². The molecule has 0 aromatic heterocycles. The number of hydrazone groups is 1. The van der Waals surface area contributed by atoms with Crippen molar-refractivity contribution in [2.75, 3.05) is 13.2 Å². The summed E-state index contributed by atoms with van der Waals surface area (Å²) in [5.41, 5.74) is 3.80. The molecule has 0 atom stereocenters. The molecule has 0 bridgehead atoms. The van der Waals surface area contributed by atoms with Crippen molar-refractivity contribution >= 4 is 22.9 Å². The molecule has 3 aromatic rings. The first-order valence-corrected chi connectivity index (χ1v) is 9.37. The van der Waals surface area contributed by atoms with E-state index in [-0.39, 0.29) is 12.5 Å². The van der Waals surface area contributed by atoms with E-state index in [1.807, 2.05) is 43.3 Å². The van der Waals surface area contributed by atoms with Crippen LogP contribution in [0.4, 0.5) is 0 Å². The van der Waals surface area contributed by atoms with Gasteiger partial charge in [0.2, 0.25) is 0 Å². The van der Waals surface area contributed by atoms with E-state index in [1.165, 1.54) is 0 Å². The van der Waals surface area contributed by atoms with Gasteiger partial charge in [0.15, 0.2) is 0 Å². The maximum absolute atomic E-state index is 12.4. The van der Waals surface area contributed by atoms with Gasteiger partial charge in [-0.3, -0.25) is 4.79 Å². The minimum Gasteiger partial charge on any atom is -0.494 e. The third-order valence-corrected chi connectivity index (χ3v) is 4.19. The van der Waals surface area contributed by atoms with Crippen LogP contribution in [-0.2, 0) is 0 Å². The lowest BCUT2D eigenvalue weighted by atomic mass is 10.0. The van der Waals surface area contributed by atoms with Crippen molar-refractivity contribution < 1.29 is 14.3 Å². The van der Waals surface area contributed by atoms with Gasteiger partial charge < -0.3 is 9.47 Å². The van der Waals surface area contributed by atoms with Gasteiger partial charge in [0, 0.05) is 11.1 Å². The van der Waals surface area contributed by atoms with Crippen molar-refractivity contribution in [2.24, 2.45) is 5.10 Å². The van der Waals surface area contributed by atoms with Crippen molar-refractivity contribution in [3.8, 4) is 23.8 Å². The highest BCUT2D eigenvalue weighted by Gasteiger charge is 2.08.